The molecule has 1 rings (SSSR count). The molecule has 16 heavy (non-hydrogen) atoms. The topological polar surface area (TPSA) is 64.3 Å². The van der Waals surface area contributed by atoms with E-state index in [0.717, 1.165) is 0 Å². The first-order valence-corrected chi connectivity index (χ1v) is 5.40. The van der Waals surface area contributed by atoms with Gasteiger partial charge >= 0.3 is 0 Å². The average Bonchev–Trinajstić information content (AvgIpc) is 2.21. The van der Waals surface area contributed by atoms with Gasteiger partial charge in [0.2, 0.25) is 0 Å². The van der Waals surface area contributed by atoms with E-state index in [1.807, 2.05) is 5.43 Å². The lowest BCUT2D eigenvalue weighted by Crippen LogP contribution is -2.40. The van der Waals surface area contributed by atoms with Crippen LogP contribution in [0.3, 0.4) is 0 Å². The molecular weight excluding hydrogens is 274 g/mol. The molecule has 0 aliphatic rings. The number of hydrogen-bond donors (Lipinski definition) is 2. The van der Waals surface area contributed by atoms with Crippen molar-refractivity contribution in [2.75, 3.05) is 0 Å². The van der Waals surface area contributed by atoms with Crippen molar-refractivity contribution < 1.29 is 9.53 Å². The van der Waals surface area contributed by atoms with Crippen molar-refractivity contribution in [2.45, 2.75) is 13.0 Å². The van der Waals surface area contributed by atoms with E-state index < -0.39 is 12.0 Å². The zero-order valence-corrected chi connectivity index (χ0v) is 10.5. The molecule has 0 radical (unpaired) electrons. The fourth-order valence-electron chi connectivity index (χ4n) is 0.989. The fourth-order valence-corrected chi connectivity index (χ4v) is 1.90. The van der Waals surface area contributed by atoms with E-state index in [9.17, 15) is 4.79 Å². The molecule has 1 aromatic rings. The van der Waals surface area contributed by atoms with E-state index in [4.69, 9.17) is 45.4 Å². The Labute approximate surface area is 108 Å². The summed E-state index contributed by atoms with van der Waals surface area (Å²) in [5.74, 6) is 4.67. The zero-order chi connectivity index (χ0) is 12.3. The summed E-state index contributed by atoms with van der Waals surface area (Å²) in [6.45, 7) is 1.52. The molecule has 0 saturated carbocycles. The highest BCUT2D eigenvalue weighted by Crippen LogP contribution is 2.36. The first-order valence-electron chi connectivity index (χ1n) is 4.27. The van der Waals surface area contributed by atoms with Gasteiger partial charge in [-0.2, -0.15) is 0 Å². The van der Waals surface area contributed by atoms with E-state index in [2.05, 4.69) is 0 Å². The molecule has 1 amide bonds. The van der Waals surface area contributed by atoms with Crippen molar-refractivity contribution in [1.29, 1.82) is 0 Å². The maximum Gasteiger partial charge on any atom is 0.274 e. The van der Waals surface area contributed by atoms with Gasteiger partial charge < -0.3 is 4.74 Å². The Morgan fingerprint density at radius 2 is 1.88 bits per heavy atom. The van der Waals surface area contributed by atoms with Gasteiger partial charge in [0.05, 0.1) is 10.0 Å². The predicted molar refractivity (Wildman–Crippen MR) is 63.9 cm³/mol. The van der Waals surface area contributed by atoms with Gasteiger partial charge in [0.1, 0.15) is 0 Å². The molecule has 0 aromatic heterocycles. The van der Waals surface area contributed by atoms with Crippen molar-refractivity contribution in [2.24, 2.45) is 5.84 Å². The molecule has 4 nitrogen and oxygen atoms in total. The van der Waals surface area contributed by atoms with Crippen LogP contribution < -0.4 is 16.0 Å². The van der Waals surface area contributed by atoms with Crippen molar-refractivity contribution >= 4 is 40.7 Å². The molecule has 0 aliphatic heterocycles. The van der Waals surface area contributed by atoms with Gasteiger partial charge in [0.25, 0.3) is 5.91 Å². The van der Waals surface area contributed by atoms with Crippen LogP contribution in [0.4, 0.5) is 0 Å². The third-order valence-electron chi connectivity index (χ3n) is 1.77. The van der Waals surface area contributed by atoms with Gasteiger partial charge in [0.15, 0.2) is 11.9 Å². The first kappa shape index (κ1) is 13.4. The van der Waals surface area contributed by atoms with E-state index >= 15 is 0 Å². The van der Waals surface area contributed by atoms with E-state index in [-0.39, 0.29) is 15.8 Å². The minimum atomic E-state index is -0.804. The summed E-state index contributed by atoms with van der Waals surface area (Å²) < 4.78 is 5.27. The number of carbonyl (C=O) groups excluding carboxylic acids is 1. The minimum Gasteiger partial charge on any atom is -0.478 e. The van der Waals surface area contributed by atoms with E-state index in [1.165, 1.54) is 19.1 Å². The molecule has 7 heteroatoms. The fraction of sp³-hybridized carbons (Fsp3) is 0.222. The highest BCUT2D eigenvalue weighted by molar-refractivity contribution is 6.40. The van der Waals surface area contributed by atoms with E-state index in [0.29, 0.717) is 5.02 Å². The second-order valence-electron chi connectivity index (χ2n) is 2.97. The standard InChI is InChI=1S/C9H9Cl3N2O2/c1-4(9(15)14-13)16-8-6(11)2-5(10)3-7(8)12/h2-4H,13H2,1H3,(H,14,15). The summed E-state index contributed by atoms with van der Waals surface area (Å²) >= 11 is 17.5. The van der Waals surface area contributed by atoms with Crippen LogP contribution in [0, 0.1) is 0 Å². The van der Waals surface area contributed by atoms with Crippen LogP contribution in [-0.4, -0.2) is 12.0 Å². The molecule has 3 N–H and O–H groups in total. The van der Waals surface area contributed by atoms with Crippen LogP contribution in [0.1, 0.15) is 6.92 Å². The SMILES string of the molecule is CC(Oc1c(Cl)cc(Cl)cc1Cl)C(=O)NN. The van der Waals surface area contributed by atoms with Gasteiger partial charge in [-0.1, -0.05) is 34.8 Å². The number of hydrazine groups is 1. The van der Waals surface area contributed by atoms with E-state index in [1.54, 1.807) is 0 Å². The lowest BCUT2D eigenvalue weighted by molar-refractivity contribution is -0.127. The Kier molecular flexibility index (Phi) is 4.68. The molecule has 1 unspecified atom stereocenters. The van der Waals surface area contributed by atoms with Gasteiger partial charge in [-0.25, -0.2) is 5.84 Å². The number of halogens is 3. The second-order valence-corrected chi connectivity index (χ2v) is 4.22. The first-order chi connectivity index (χ1) is 7.45. The highest BCUT2D eigenvalue weighted by Gasteiger charge is 2.17. The van der Waals surface area contributed by atoms with Crippen molar-refractivity contribution in [1.82, 2.24) is 5.43 Å². The summed E-state index contributed by atoms with van der Waals surface area (Å²) in [4.78, 5) is 11.1. The number of amides is 1. The molecule has 0 fully saturated rings. The Morgan fingerprint density at radius 1 is 1.38 bits per heavy atom. The summed E-state index contributed by atoms with van der Waals surface area (Å²) in [5, 5.41) is 0.849. The van der Waals surface area contributed by atoms with Crippen molar-refractivity contribution in [3.63, 3.8) is 0 Å². The van der Waals surface area contributed by atoms with Gasteiger partial charge in [-0.15, -0.1) is 0 Å². The van der Waals surface area contributed by atoms with Crippen molar-refractivity contribution in [3.8, 4) is 5.75 Å². The number of nitrogens with two attached hydrogens (primary N) is 1. The lowest BCUT2D eigenvalue weighted by Gasteiger charge is -2.15. The summed E-state index contributed by atoms with van der Waals surface area (Å²) in [6.07, 6.45) is -0.804. The van der Waals surface area contributed by atoms with Crippen LogP contribution >= 0.6 is 34.8 Å². The summed E-state index contributed by atoms with van der Waals surface area (Å²) in [5.41, 5.74) is 1.96. The largest absolute Gasteiger partial charge is 0.478 e. The number of carbonyl (C=O) groups is 1. The van der Waals surface area contributed by atoms with Crippen LogP contribution in [0.25, 0.3) is 0 Å². The highest BCUT2D eigenvalue weighted by atomic mass is 35.5. The smallest absolute Gasteiger partial charge is 0.274 e. The lowest BCUT2D eigenvalue weighted by atomic mass is 10.3. The van der Waals surface area contributed by atoms with Crippen LogP contribution in [0.15, 0.2) is 12.1 Å². The number of rotatable bonds is 3. The average molecular weight is 284 g/mol. The third kappa shape index (κ3) is 3.15. The monoisotopic (exact) mass is 282 g/mol. The van der Waals surface area contributed by atoms with Crippen LogP contribution in [0.2, 0.25) is 15.1 Å². The number of ether oxygens (including phenoxy) is 1. The molecule has 0 saturated heterocycles. The predicted octanol–water partition coefficient (Wildman–Crippen LogP) is 2.40. The van der Waals surface area contributed by atoms with Gasteiger partial charge in [0, 0.05) is 5.02 Å². The maximum absolute atomic E-state index is 11.1. The van der Waals surface area contributed by atoms with Crippen LogP contribution in [-0.2, 0) is 4.79 Å². The Hall–Kier alpha value is -0.680. The zero-order valence-electron chi connectivity index (χ0n) is 8.26. The molecule has 1 aromatic carbocycles. The molecule has 0 aliphatic carbocycles. The van der Waals surface area contributed by atoms with Gasteiger partial charge in [-0.3, -0.25) is 10.2 Å². The maximum atomic E-state index is 11.1. The quantitative estimate of drug-likeness (QED) is 0.509. The number of nitrogens with one attached hydrogen (secondary N) is 1. The minimum absolute atomic E-state index is 0.198. The molecule has 0 spiro atoms. The summed E-state index contributed by atoms with van der Waals surface area (Å²) in [6, 6.07) is 2.94. The van der Waals surface area contributed by atoms with Gasteiger partial charge in [-0.05, 0) is 19.1 Å². The van der Waals surface area contributed by atoms with Crippen LogP contribution in [0.5, 0.6) is 5.75 Å². The third-order valence-corrected chi connectivity index (χ3v) is 2.55. The molecule has 0 bridgehead atoms. The summed E-state index contributed by atoms with van der Waals surface area (Å²) in [7, 11) is 0. The molecule has 0 heterocycles. The number of hydrogen-bond acceptors (Lipinski definition) is 3. The molecule has 88 valence electrons. The Bertz CT molecular complexity index is 389. The molecule has 1 atom stereocenters. The number of benzene rings is 1. The molecular formula is C9H9Cl3N2O2. The Balaban J connectivity index is 2.93. The second kappa shape index (κ2) is 5.59. The van der Waals surface area contributed by atoms with Crippen molar-refractivity contribution in [3.05, 3.63) is 27.2 Å². The normalized spacial score (nSPS) is 12.1. The Morgan fingerprint density at radius 3 is 2.31 bits per heavy atom.